The number of sulfonamides is 1. The largest absolute Gasteiger partial charge is 0.491 e. The normalized spacial score (nSPS) is 12.7. The molecule has 0 amide bonds. The van der Waals surface area contributed by atoms with Gasteiger partial charge in [-0.15, -0.1) is 0 Å². The minimum atomic E-state index is -4.00. The monoisotopic (exact) mass is 341 g/mol. The number of benzene rings is 1. The first-order chi connectivity index (χ1) is 9.04. The van der Waals surface area contributed by atoms with Crippen LogP contribution in [0, 0.1) is 0 Å². The van der Waals surface area contributed by atoms with Crippen molar-refractivity contribution in [1.82, 2.24) is 0 Å². The van der Waals surface area contributed by atoms with Gasteiger partial charge in [0.25, 0.3) is 0 Å². The third-order valence-corrected chi connectivity index (χ3v) is 5.90. The van der Waals surface area contributed by atoms with E-state index in [2.05, 4.69) is 0 Å². The Hall–Kier alpha value is -0.830. The van der Waals surface area contributed by atoms with Crippen molar-refractivity contribution in [1.29, 1.82) is 0 Å². The van der Waals surface area contributed by atoms with E-state index in [1.165, 1.54) is 12.1 Å². The minimum absolute atomic E-state index is 0.0177. The van der Waals surface area contributed by atoms with E-state index in [1.54, 1.807) is 13.8 Å². The number of hydrogen-bond donors (Lipinski definition) is 1. The lowest BCUT2D eigenvalue weighted by atomic mass is 10.3. The van der Waals surface area contributed by atoms with Crippen LogP contribution >= 0.6 is 11.6 Å². The number of sulfone groups is 1. The van der Waals surface area contributed by atoms with Crippen LogP contribution in [0.1, 0.15) is 13.8 Å². The van der Waals surface area contributed by atoms with Gasteiger partial charge >= 0.3 is 0 Å². The van der Waals surface area contributed by atoms with E-state index >= 15 is 0 Å². The zero-order valence-corrected chi connectivity index (χ0v) is 13.4. The van der Waals surface area contributed by atoms with Gasteiger partial charge in [-0.3, -0.25) is 0 Å². The first kappa shape index (κ1) is 17.2. The summed E-state index contributed by atoms with van der Waals surface area (Å²) in [6, 6.07) is 3.93. The predicted molar refractivity (Wildman–Crippen MR) is 77.2 cm³/mol. The van der Waals surface area contributed by atoms with Crippen molar-refractivity contribution in [2.24, 2.45) is 5.14 Å². The highest BCUT2D eigenvalue weighted by Crippen LogP contribution is 2.26. The second-order valence-corrected chi connectivity index (χ2v) is 9.04. The summed E-state index contributed by atoms with van der Waals surface area (Å²) in [6.45, 7) is 2.96. The lowest BCUT2D eigenvalue weighted by Gasteiger charge is -2.12. The molecule has 1 aromatic rings. The van der Waals surface area contributed by atoms with Crippen molar-refractivity contribution in [2.75, 3.05) is 12.4 Å². The summed E-state index contributed by atoms with van der Waals surface area (Å²) in [7, 11) is -7.25. The average molecular weight is 342 g/mol. The second kappa shape index (κ2) is 6.30. The van der Waals surface area contributed by atoms with Crippen molar-refractivity contribution >= 4 is 31.5 Å². The van der Waals surface area contributed by atoms with Gasteiger partial charge in [0.05, 0.1) is 11.0 Å². The SMILES string of the molecule is CC(C)S(=O)(=O)CCOc1ccc(Cl)cc1S(N)(=O)=O. The molecule has 20 heavy (non-hydrogen) atoms. The lowest BCUT2D eigenvalue weighted by molar-refractivity contribution is 0.331. The second-order valence-electron chi connectivity index (χ2n) is 4.40. The molecular formula is C11H16ClNO5S2. The van der Waals surface area contributed by atoms with Crippen LogP contribution in [0.25, 0.3) is 0 Å². The predicted octanol–water partition coefficient (Wildman–Crippen LogP) is 1.19. The molecule has 0 unspecified atom stereocenters. The molecule has 0 bridgehead atoms. The molecule has 0 spiro atoms. The highest BCUT2D eigenvalue weighted by atomic mass is 35.5. The van der Waals surface area contributed by atoms with Crippen molar-refractivity contribution in [3.63, 3.8) is 0 Å². The first-order valence-corrected chi connectivity index (χ1v) is 9.35. The maximum absolute atomic E-state index is 11.6. The molecule has 2 N–H and O–H groups in total. The Kier molecular flexibility index (Phi) is 5.42. The number of hydrogen-bond acceptors (Lipinski definition) is 5. The first-order valence-electron chi connectivity index (χ1n) is 5.71. The van der Waals surface area contributed by atoms with Crippen LogP contribution in [0.15, 0.2) is 23.1 Å². The number of ether oxygens (including phenoxy) is 1. The molecule has 0 radical (unpaired) electrons. The quantitative estimate of drug-likeness (QED) is 0.837. The van der Waals surface area contributed by atoms with E-state index in [0.717, 1.165) is 6.07 Å². The van der Waals surface area contributed by atoms with Crippen LogP contribution in [0.5, 0.6) is 5.75 Å². The number of halogens is 1. The summed E-state index contributed by atoms with van der Waals surface area (Å²) in [4.78, 5) is -0.271. The molecule has 0 saturated heterocycles. The van der Waals surface area contributed by atoms with Gasteiger partial charge in [0.15, 0.2) is 9.84 Å². The third kappa shape index (κ3) is 4.62. The molecule has 0 aromatic heterocycles. The number of nitrogens with two attached hydrogens (primary N) is 1. The van der Waals surface area contributed by atoms with Gasteiger partial charge < -0.3 is 4.74 Å². The van der Waals surface area contributed by atoms with Crippen molar-refractivity contribution < 1.29 is 21.6 Å². The van der Waals surface area contributed by atoms with Crippen LogP contribution in [-0.2, 0) is 19.9 Å². The Morgan fingerprint density at radius 2 is 1.85 bits per heavy atom. The van der Waals surface area contributed by atoms with Gasteiger partial charge in [0.2, 0.25) is 10.0 Å². The van der Waals surface area contributed by atoms with Gasteiger partial charge in [-0.1, -0.05) is 11.6 Å². The van der Waals surface area contributed by atoms with Crippen LogP contribution in [0.3, 0.4) is 0 Å². The summed E-state index contributed by atoms with van der Waals surface area (Å²) < 4.78 is 51.2. The molecule has 0 aliphatic rings. The molecule has 114 valence electrons. The maximum Gasteiger partial charge on any atom is 0.241 e. The standard InChI is InChI=1S/C11H16ClNO5S2/c1-8(2)19(14,15)6-5-18-10-4-3-9(12)7-11(10)20(13,16)17/h3-4,7-8H,5-6H2,1-2H3,(H2,13,16,17). The minimum Gasteiger partial charge on any atom is -0.491 e. The van der Waals surface area contributed by atoms with E-state index < -0.39 is 25.1 Å². The lowest BCUT2D eigenvalue weighted by Crippen LogP contribution is -2.22. The van der Waals surface area contributed by atoms with E-state index in [1.807, 2.05) is 0 Å². The fourth-order valence-electron chi connectivity index (χ4n) is 1.33. The molecule has 1 rings (SSSR count). The van der Waals surface area contributed by atoms with Gasteiger partial charge in [0, 0.05) is 5.02 Å². The molecule has 0 atom stereocenters. The van der Waals surface area contributed by atoms with Crippen LogP contribution in [0.4, 0.5) is 0 Å². The fraction of sp³-hybridized carbons (Fsp3) is 0.455. The molecule has 0 fully saturated rings. The maximum atomic E-state index is 11.6. The highest BCUT2D eigenvalue weighted by Gasteiger charge is 2.19. The van der Waals surface area contributed by atoms with Gasteiger partial charge in [-0.05, 0) is 32.0 Å². The van der Waals surface area contributed by atoms with E-state index in [4.69, 9.17) is 21.5 Å². The molecule has 0 heterocycles. The molecule has 1 aromatic carbocycles. The Labute approximate surface area is 123 Å². The van der Waals surface area contributed by atoms with Crippen molar-refractivity contribution in [2.45, 2.75) is 24.0 Å². The van der Waals surface area contributed by atoms with E-state index in [9.17, 15) is 16.8 Å². The zero-order chi connectivity index (χ0) is 15.6. The van der Waals surface area contributed by atoms with E-state index in [0.29, 0.717) is 0 Å². The van der Waals surface area contributed by atoms with Crippen LogP contribution in [-0.4, -0.2) is 34.4 Å². The molecule has 6 nitrogen and oxygen atoms in total. The Morgan fingerprint density at radius 1 is 1.25 bits per heavy atom. The van der Waals surface area contributed by atoms with E-state index in [-0.39, 0.29) is 28.0 Å². The van der Waals surface area contributed by atoms with Crippen LogP contribution < -0.4 is 9.88 Å². The number of primary sulfonamides is 1. The number of rotatable bonds is 6. The summed E-state index contributed by atoms with van der Waals surface area (Å²) in [5.74, 6) is -0.229. The topological polar surface area (TPSA) is 104 Å². The molecule has 0 aliphatic heterocycles. The van der Waals surface area contributed by atoms with Crippen molar-refractivity contribution in [3.05, 3.63) is 23.2 Å². The highest BCUT2D eigenvalue weighted by molar-refractivity contribution is 7.92. The Morgan fingerprint density at radius 3 is 2.35 bits per heavy atom. The van der Waals surface area contributed by atoms with Gasteiger partial charge in [-0.25, -0.2) is 22.0 Å². The summed E-state index contributed by atoms with van der Waals surface area (Å²) >= 11 is 5.70. The average Bonchev–Trinajstić information content (AvgIpc) is 2.29. The molecule has 9 heteroatoms. The summed E-state index contributed by atoms with van der Waals surface area (Å²) in [6.07, 6.45) is 0. The smallest absolute Gasteiger partial charge is 0.241 e. The molecule has 0 saturated carbocycles. The fourth-order valence-corrected chi connectivity index (χ4v) is 3.05. The third-order valence-electron chi connectivity index (χ3n) is 2.56. The summed E-state index contributed by atoms with van der Waals surface area (Å²) in [5, 5.41) is 4.72. The van der Waals surface area contributed by atoms with Gasteiger partial charge in [0.1, 0.15) is 17.3 Å². The van der Waals surface area contributed by atoms with Crippen molar-refractivity contribution in [3.8, 4) is 5.75 Å². The summed E-state index contributed by atoms with van der Waals surface area (Å²) in [5.41, 5.74) is 0. The van der Waals surface area contributed by atoms with Gasteiger partial charge in [-0.2, -0.15) is 0 Å². The Balaban J connectivity index is 2.90. The van der Waals surface area contributed by atoms with Crippen LogP contribution in [0.2, 0.25) is 5.02 Å². The Bertz CT molecular complexity index is 683. The molecular weight excluding hydrogens is 326 g/mol. The zero-order valence-electron chi connectivity index (χ0n) is 11.0. The molecule has 0 aliphatic carbocycles.